The molecule has 3 N–H and O–H groups in total. The van der Waals surface area contributed by atoms with Gasteiger partial charge in [-0.3, -0.25) is 4.79 Å². The number of carbonyl (C=O) groups excluding carboxylic acids is 1. The first kappa shape index (κ1) is 10.5. The molecule has 0 bridgehead atoms. The van der Waals surface area contributed by atoms with Crippen molar-refractivity contribution in [3.63, 3.8) is 0 Å². The molecule has 0 atom stereocenters. The molecule has 3 nitrogen and oxygen atoms in total. The van der Waals surface area contributed by atoms with Gasteiger partial charge in [-0.15, -0.1) is 0 Å². The van der Waals surface area contributed by atoms with Gasteiger partial charge in [0.15, 0.2) is 0 Å². The van der Waals surface area contributed by atoms with Crippen molar-refractivity contribution in [1.82, 2.24) is 0 Å². The van der Waals surface area contributed by atoms with Gasteiger partial charge in [-0.2, -0.15) is 0 Å². The number of amides is 1. The van der Waals surface area contributed by atoms with Crippen molar-refractivity contribution in [3.8, 4) is 0 Å². The molecule has 0 heterocycles. The van der Waals surface area contributed by atoms with Gasteiger partial charge in [0.25, 0.3) is 0 Å². The smallest absolute Gasteiger partial charge is 0.238 e. The van der Waals surface area contributed by atoms with Crippen molar-refractivity contribution in [2.24, 2.45) is 5.73 Å². The highest BCUT2D eigenvalue weighted by molar-refractivity contribution is 9.10. The van der Waals surface area contributed by atoms with E-state index in [0.29, 0.717) is 10.7 Å². The first-order chi connectivity index (χ1) is 6.13. The SMILES string of the molecule is NCC(=O)Nc1cc(Cl)ccc1Br. The molecule has 0 aliphatic carbocycles. The maximum Gasteiger partial charge on any atom is 0.238 e. The molecule has 0 radical (unpaired) electrons. The zero-order valence-corrected chi connectivity index (χ0v) is 9.02. The summed E-state index contributed by atoms with van der Waals surface area (Å²) in [6.45, 7) is -0.0427. The predicted molar refractivity (Wildman–Crippen MR) is 56.8 cm³/mol. The van der Waals surface area contributed by atoms with Crippen LogP contribution >= 0.6 is 27.5 Å². The highest BCUT2D eigenvalue weighted by Crippen LogP contribution is 2.25. The van der Waals surface area contributed by atoms with Crippen LogP contribution in [0.25, 0.3) is 0 Å². The molecule has 1 rings (SSSR count). The Bertz CT molecular complexity index is 330. The van der Waals surface area contributed by atoms with Crippen molar-refractivity contribution in [2.75, 3.05) is 11.9 Å². The topological polar surface area (TPSA) is 55.1 Å². The van der Waals surface area contributed by atoms with Gasteiger partial charge in [0.1, 0.15) is 0 Å². The van der Waals surface area contributed by atoms with Crippen LogP contribution in [0.5, 0.6) is 0 Å². The van der Waals surface area contributed by atoms with Crippen LogP contribution in [-0.2, 0) is 4.79 Å². The van der Waals surface area contributed by atoms with Crippen LogP contribution in [0, 0.1) is 0 Å². The van der Waals surface area contributed by atoms with E-state index in [4.69, 9.17) is 17.3 Å². The Balaban J connectivity index is 2.87. The number of nitrogens with two attached hydrogens (primary N) is 1. The number of hydrogen-bond donors (Lipinski definition) is 2. The summed E-state index contributed by atoms with van der Waals surface area (Å²) in [4.78, 5) is 10.9. The zero-order valence-electron chi connectivity index (χ0n) is 6.68. The van der Waals surface area contributed by atoms with Gasteiger partial charge < -0.3 is 11.1 Å². The Morgan fingerprint density at radius 3 is 2.92 bits per heavy atom. The van der Waals surface area contributed by atoms with Gasteiger partial charge in [-0.05, 0) is 34.1 Å². The molecule has 70 valence electrons. The van der Waals surface area contributed by atoms with Crippen LogP contribution in [0.4, 0.5) is 5.69 Å². The van der Waals surface area contributed by atoms with Crippen molar-refractivity contribution in [3.05, 3.63) is 27.7 Å². The first-order valence-corrected chi connectivity index (χ1v) is 4.75. The summed E-state index contributed by atoms with van der Waals surface area (Å²) in [6.07, 6.45) is 0. The van der Waals surface area contributed by atoms with E-state index in [1.54, 1.807) is 18.2 Å². The molecule has 0 aliphatic rings. The van der Waals surface area contributed by atoms with Crippen LogP contribution in [0.3, 0.4) is 0 Å². The highest BCUT2D eigenvalue weighted by atomic mass is 79.9. The summed E-state index contributed by atoms with van der Waals surface area (Å²) in [5, 5.41) is 3.17. The maximum atomic E-state index is 10.9. The molecule has 0 unspecified atom stereocenters. The van der Waals surface area contributed by atoms with E-state index >= 15 is 0 Å². The van der Waals surface area contributed by atoms with Crippen molar-refractivity contribution in [1.29, 1.82) is 0 Å². The largest absolute Gasteiger partial charge is 0.324 e. The van der Waals surface area contributed by atoms with Crippen molar-refractivity contribution >= 4 is 39.1 Å². The van der Waals surface area contributed by atoms with Crippen LogP contribution in [0.2, 0.25) is 5.02 Å². The third kappa shape index (κ3) is 2.99. The molecule has 13 heavy (non-hydrogen) atoms. The van der Waals surface area contributed by atoms with Crippen molar-refractivity contribution in [2.45, 2.75) is 0 Å². The quantitative estimate of drug-likeness (QED) is 0.857. The Kier molecular flexibility index (Phi) is 3.71. The maximum absolute atomic E-state index is 10.9. The normalized spacial score (nSPS) is 9.77. The molecule has 0 spiro atoms. The minimum Gasteiger partial charge on any atom is -0.324 e. The van der Waals surface area contributed by atoms with Crippen LogP contribution < -0.4 is 11.1 Å². The lowest BCUT2D eigenvalue weighted by Gasteiger charge is -2.05. The first-order valence-electron chi connectivity index (χ1n) is 3.58. The Morgan fingerprint density at radius 2 is 2.31 bits per heavy atom. The summed E-state index contributed by atoms with van der Waals surface area (Å²) < 4.78 is 0.777. The molecule has 0 saturated carbocycles. The number of anilines is 1. The van der Waals surface area contributed by atoms with E-state index < -0.39 is 0 Å². The summed E-state index contributed by atoms with van der Waals surface area (Å²) in [6, 6.07) is 5.14. The lowest BCUT2D eigenvalue weighted by atomic mass is 10.3. The fourth-order valence-corrected chi connectivity index (χ4v) is 1.31. The van der Waals surface area contributed by atoms with Gasteiger partial charge in [0.05, 0.1) is 12.2 Å². The Hall–Kier alpha value is -0.580. The second-order valence-corrected chi connectivity index (χ2v) is 3.67. The summed E-state index contributed by atoms with van der Waals surface area (Å²) in [5.74, 6) is -0.247. The zero-order chi connectivity index (χ0) is 9.84. The van der Waals surface area contributed by atoms with Crippen LogP contribution in [-0.4, -0.2) is 12.5 Å². The molecule has 0 aromatic heterocycles. The lowest BCUT2D eigenvalue weighted by molar-refractivity contribution is -0.114. The molecule has 0 saturated heterocycles. The Labute approximate surface area is 89.4 Å². The summed E-state index contributed by atoms with van der Waals surface area (Å²) >= 11 is 9.01. The van der Waals surface area contributed by atoms with Crippen LogP contribution in [0.15, 0.2) is 22.7 Å². The van der Waals surface area contributed by atoms with Gasteiger partial charge in [-0.1, -0.05) is 11.6 Å². The number of carbonyl (C=O) groups is 1. The summed E-state index contributed by atoms with van der Waals surface area (Å²) in [5.41, 5.74) is 5.78. The molecular weight excluding hydrogens is 255 g/mol. The molecule has 1 amide bonds. The van der Waals surface area contributed by atoms with E-state index in [1.165, 1.54) is 0 Å². The van der Waals surface area contributed by atoms with Gasteiger partial charge in [0.2, 0.25) is 5.91 Å². The van der Waals surface area contributed by atoms with E-state index in [9.17, 15) is 4.79 Å². The second-order valence-electron chi connectivity index (χ2n) is 2.38. The molecule has 1 aromatic rings. The number of rotatable bonds is 2. The highest BCUT2D eigenvalue weighted by Gasteiger charge is 2.03. The minimum atomic E-state index is -0.247. The van der Waals surface area contributed by atoms with Gasteiger partial charge >= 0.3 is 0 Å². The number of benzene rings is 1. The molecule has 0 aliphatic heterocycles. The number of halogens is 2. The van der Waals surface area contributed by atoms with E-state index in [2.05, 4.69) is 21.2 Å². The van der Waals surface area contributed by atoms with Crippen molar-refractivity contribution < 1.29 is 4.79 Å². The minimum absolute atomic E-state index is 0.0427. The fraction of sp³-hybridized carbons (Fsp3) is 0.125. The standard InChI is InChI=1S/C8H8BrClN2O/c9-6-2-1-5(10)3-7(6)12-8(13)4-11/h1-3H,4,11H2,(H,12,13). The predicted octanol–water partition coefficient (Wildman–Crippen LogP) is 2.00. The van der Waals surface area contributed by atoms with Gasteiger partial charge in [-0.25, -0.2) is 0 Å². The second kappa shape index (κ2) is 4.60. The third-order valence-corrected chi connectivity index (χ3v) is 2.31. The molecule has 1 aromatic carbocycles. The van der Waals surface area contributed by atoms with E-state index in [0.717, 1.165) is 4.47 Å². The van der Waals surface area contributed by atoms with E-state index in [1.807, 2.05) is 0 Å². The van der Waals surface area contributed by atoms with E-state index in [-0.39, 0.29) is 12.5 Å². The fourth-order valence-electron chi connectivity index (χ4n) is 0.795. The van der Waals surface area contributed by atoms with Crippen LogP contribution in [0.1, 0.15) is 0 Å². The summed E-state index contributed by atoms with van der Waals surface area (Å²) in [7, 11) is 0. The molecular formula is C8H8BrClN2O. The number of hydrogen-bond acceptors (Lipinski definition) is 2. The van der Waals surface area contributed by atoms with Gasteiger partial charge in [0, 0.05) is 9.50 Å². The lowest BCUT2D eigenvalue weighted by Crippen LogP contribution is -2.21. The third-order valence-electron chi connectivity index (χ3n) is 1.39. The molecule has 5 heteroatoms. The monoisotopic (exact) mass is 262 g/mol. The number of nitrogens with one attached hydrogen (secondary N) is 1. The Morgan fingerprint density at radius 1 is 1.62 bits per heavy atom. The average Bonchev–Trinajstić information content (AvgIpc) is 2.11. The average molecular weight is 264 g/mol. The molecule has 0 fully saturated rings.